The Morgan fingerprint density at radius 2 is 2.22 bits per heavy atom. The number of amides is 1. The summed E-state index contributed by atoms with van der Waals surface area (Å²) in [6, 6.07) is 8.09. The van der Waals surface area contributed by atoms with Gasteiger partial charge in [-0.05, 0) is 51.7 Å². The number of aryl methyl sites for hydroxylation is 1. The van der Waals surface area contributed by atoms with Crippen LogP contribution in [0.3, 0.4) is 0 Å². The Morgan fingerprint density at radius 3 is 2.96 bits per heavy atom. The van der Waals surface area contributed by atoms with E-state index >= 15 is 0 Å². The quantitative estimate of drug-likeness (QED) is 0.913. The van der Waals surface area contributed by atoms with E-state index in [0.717, 1.165) is 42.8 Å². The standard InChI is InChI=1S/C18H24N2O2S/c1-18(2,22)15-9-6-12-20(15)17(21)11-5-10-16-19-13-7-3-4-8-14(13)23-16/h3-4,7-8,15,22H,5-6,9-12H2,1-2H3. The van der Waals surface area contributed by atoms with Crippen LogP contribution >= 0.6 is 11.3 Å². The minimum atomic E-state index is -0.820. The smallest absolute Gasteiger partial charge is 0.222 e. The first-order valence-corrected chi connectivity index (χ1v) is 9.13. The van der Waals surface area contributed by atoms with E-state index in [2.05, 4.69) is 11.1 Å². The summed E-state index contributed by atoms with van der Waals surface area (Å²) < 4.78 is 1.20. The van der Waals surface area contributed by atoms with E-state index in [1.54, 1.807) is 25.2 Å². The van der Waals surface area contributed by atoms with Crippen molar-refractivity contribution in [1.82, 2.24) is 9.88 Å². The largest absolute Gasteiger partial charge is 0.388 e. The van der Waals surface area contributed by atoms with Crippen molar-refractivity contribution in [3.8, 4) is 0 Å². The molecule has 0 spiro atoms. The Balaban J connectivity index is 1.55. The predicted molar refractivity (Wildman–Crippen MR) is 93.6 cm³/mol. The third kappa shape index (κ3) is 3.72. The van der Waals surface area contributed by atoms with Gasteiger partial charge in [-0.3, -0.25) is 4.79 Å². The Morgan fingerprint density at radius 1 is 1.43 bits per heavy atom. The molecule has 0 radical (unpaired) electrons. The minimum Gasteiger partial charge on any atom is -0.388 e. The second-order valence-electron chi connectivity index (χ2n) is 6.83. The Kier molecular flexibility index (Phi) is 4.69. The molecule has 23 heavy (non-hydrogen) atoms. The summed E-state index contributed by atoms with van der Waals surface area (Å²) in [5.74, 6) is 0.163. The molecule has 1 unspecified atom stereocenters. The highest BCUT2D eigenvalue weighted by molar-refractivity contribution is 7.18. The molecule has 2 heterocycles. The zero-order valence-electron chi connectivity index (χ0n) is 13.8. The molecular weight excluding hydrogens is 308 g/mol. The fraction of sp³-hybridized carbons (Fsp3) is 0.556. The van der Waals surface area contributed by atoms with Gasteiger partial charge in [-0.2, -0.15) is 0 Å². The maximum Gasteiger partial charge on any atom is 0.222 e. The summed E-state index contributed by atoms with van der Waals surface area (Å²) in [5, 5.41) is 11.3. The molecule has 3 rings (SSSR count). The molecule has 0 bridgehead atoms. The number of rotatable bonds is 5. The molecule has 1 aromatic carbocycles. The van der Waals surface area contributed by atoms with Crippen molar-refractivity contribution in [2.75, 3.05) is 6.54 Å². The fourth-order valence-corrected chi connectivity index (χ4v) is 4.37. The number of benzene rings is 1. The zero-order chi connectivity index (χ0) is 16.4. The minimum absolute atomic E-state index is 0.0440. The average molecular weight is 332 g/mol. The van der Waals surface area contributed by atoms with Crippen molar-refractivity contribution < 1.29 is 9.90 Å². The third-order valence-corrected chi connectivity index (χ3v) is 5.60. The van der Waals surface area contributed by atoms with Gasteiger partial charge in [0.2, 0.25) is 5.91 Å². The van der Waals surface area contributed by atoms with Crippen LogP contribution < -0.4 is 0 Å². The lowest BCUT2D eigenvalue weighted by atomic mass is 9.96. The van der Waals surface area contributed by atoms with Crippen LogP contribution in [0.15, 0.2) is 24.3 Å². The molecule has 1 aliphatic heterocycles. The van der Waals surface area contributed by atoms with Crippen molar-refractivity contribution in [2.45, 2.75) is 57.6 Å². The molecule has 1 fully saturated rings. The van der Waals surface area contributed by atoms with Crippen LogP contribution in [0, 0.1) is 0 Å². The fourth-order valence-electron chi connectivity index (χ4n) is 3.36. The first-order chi connectivity index (χ1) is 10.9. The SMILES string of the molecule is CC(C)(O)C1CCCN1C(=O)CCCc1nc2ccccc2s1. The highest BCUT2D eigenvalue weighted by atomic mass is 32.1. The molecule has 1 atom stereocenters. The van der Waals surface area contributed by atoms with Crippen molar-refractivity contribution in [1.29, 1.82) is 0 Å². The molecule has 5 heteroatoms. The molecule has 0 saturated carbocycles. The summed E-state index contributed by atoms with van der Waals surface area (Å²) >= 11 is 1.71. The summed E-state index contributed by atoms with van der Waals surface area (Å²) in [6.07, 6.45) is 4.06. The monoisotopic (exact) mass is 332 g/mol. The van der Waals surface area contributed by atoms with Crippen LogP contribution in [0.25, 0.3) is 10.2 Å². The molecule has 2 aromatic rings. The van der Waals surface area contributed by atoms with Gasteiger partial charge in [-0.15, -0.1) is 11.3 Å². The first kappa shape index (κ1) is 16.4. The zero-order valence-corrected chi connectivity index (χ0v) is 14.6. The van der Waals surface area contributed by atoms with Crippen molar-refractivity contribution in [3.05, 3.63) is 29.3 Å². The van der Waals surface area contributed by atoms with Gasteiger partial charge in [0.1, 0.15) is 0 Å². The van der Waals surface area contributed by atoms with Gasteiger partial charge >= 0.3 is 0 Å². The number of carbonyl (C=O) groups excluding carboxylic acids is 1. The average Bonchev–Trinajstić information content (AvgIpc) is 3.13. The molecule has 0 aliphatic carbocycles. The molecule has 1 saturated heterocycles. The van der Waals surface area contributed by atoms with Gasteiger partial charge in [0.25, 0.3) is 0 Å². The number of carbonyl (C=O) groups is 1. The van der Waals surface area contributed by atoms with E-state index in [4.69, 9.17) is 0 Å². The summed E-state index contributed by atoms with van der Waals surface area (Å²) in [5.41, 5.74) is 0.222. The lowest BCUT2D eigenvalue weighted by molar-refractivity contribution is -0.136. The summed E-state index contributed by atoms with van der Waals surface area (Å²) in [4.78, 5) is 19.0. The third-order valence-electron chi connectivity index (χ3n) is 4.51. The molecular formula is C18H24N2O2S. The van der Waals surface area contributed by atoms with Crippen LogP contribution in [-0.2, 0) is 11.2 Å². The van der Waals surface area contributed by atoms with E-state index in [-0.39, 0.29) is 11.9 Å². The highest BCUT2D eigenvalue weighted by Gasteiger charge is 2.37. The number of nitrogens with zero attached hydrogens (tertiary/aromatic N) is 2. The lowest BCUT2D eigenvalue weighted by Gasteiger charge is -2.33. The molecule has 1 aliphatic rings. The van der Waals surface area contributed by atoms with Gasteiger partial charge in [-0.25, -0.2) is 4.98 Å². The van der Waals surface area contributed by atoms with Crippen LogP contribution in [0.5, 0.6) is 0 Å². The van der Waals surface area contributed by atoms with Gasteiger partial charge in [0.15, 0.2) is 0 Å². The highest BCUT2D eigenvalue weighted by Crippen LogP contribution is 2.28. The number of hydrogen-bond acceptors (Lipinski definition) is 4. The van der Waals surface area contributed by atoms with Gasteiger partial charge < -0.3 is 10.0 Å². The number of para-hydroxylation sites is 1. The van der Waals surface area contributed by atoms with E-state index in [1.807, 2.05) is 23.1 Å². The molecule has 1 amide bonds. The van der Waals surface area contributed by atoms with Gasteiger partial charge in [0, 0.05) is 13.0 Å². The first-order valence-electron chi connectivity index (χ1n) is 8.31. The second kappa shape index (κ2) is 6.57. The second-order valence-corrected chi connectivity index (χ2v) is 7.94. The number of hydrogen-bond donors (Lipinski definition) is 1. The van der Waals surface area contributed by atoms with Gasteiger partial charge in [-0.1, -0.05) is 12.1 Å². The van der Waals surface area contributed by atoms with Crippen molar-refractivity contribution in [2.24, 2.45) is 0 Å². The molecule has 1 N–H and O–H groups in total. The van der Waals surface area contributed by atoms with Crippen molar-refractivity contribution in [3.63, 3.8) is 0 Å². The number of fused-ring (bicyclic) bond motifs is 1. The van der Waals surface area contributed by atoms with Gasteiger partial charge in [0.05, 0.1) is 26.9 Å². The van der Waals surface area contributed by atoms with Crippen molar-refractivity contribution >= 4 is 27.5 Å². The van der Waals surface area contributed by atoms with E-state index < -0.39 is 5.60 Å². The topological polar surface area (TPSA) is 53.4 Å². The predicted octanol–water partition coefficient (Wildman–Crippen LogP) is 3.38. The molecule has 4 nitrogen and oxygen atoms in total. The van der Waals surface area contributed by atoms with Crippen LogP contribution in [0.2, 0.25) is 0 Å². The summed E-state index contributed by atoms with van der Waals surface area (Å²) in [6.45, 7) is 4.36. The van der Waals surface area contributed by atoms with Crippen LogP contribution in [0.4, 0.5) is 0 Å². The van der Waals surface area contributed by atoms with Crippen LogP contribution in [0.1, 0.15) is 44.5 Å². The number of likely N-dealkylation sites (tertiary alicyclic amines) is 1. The van der Waals surface area contributed by atoms with Crippen LogP contribution in [-0.4, -0.2) is 39.1 Å². The molecule has 1 aromatic heterocycles. The number of thiazole rings is 1. The van der Waals surface area contributed by atoms with E-state index in [9.17, 15) is 9.90 Å². The molecule has 124 valence electrons. The normalized spacial score (nSPS) is 18.7. The maximum atomic E-state index is 12.5. The van der Waals surface area contributed by atoms with E-state index in [1.165, 1.54) is 4.70 Å². The Bertz CT molecular complexity index is 657. The lowest BCUT2D eigenvalue weighted by Crippen LogP contribution is -2.48. The van der Waals surface area contributed by atoms with E-state index in [0.29, 0.717) is 6.42 Å². The maximum absolute atomic E-state index is 12.5. The summed E-state index contributed by atoms with van der Waals surface area (Å²) in [7, 11) is 0. The Labute approximate surface area is 141 Å². The number of aliphatic hydroxyl groups is 1. The Hall–Kier alpha value is -1.46. The number of aromatic nitrogens is 1.